The van der Waals surface area contributed by atoms with Crippen molar-refractivity contribution in [3.8, 4) is 0 Å². The normalized spacial score (nSPS) is 17.4. The Balaban J connectivity index is 5.18. The lowest BCUT2D eigenvalue weighted by Gasteiger charge is -2.26. The zero-order valence-corrected chi connectivity index (χ0v) is 17.9. The summed E-state index contributed by atoms with van der Waals surface area (Å²) in [6.07, 6.45) is -0.747. The van der Waals surface area contributed by atoms with Crippen LogP contribution in [0, 0.1) is 5.92 Å². The van der Waals surface area contributed by atoms with E-state index in [9.17, 15) is 29.4 Å². The Bertz CT molecular complexity index is 563. The lowest BCUT2D eigenvalue weighted by molar-refractivity contribution is -0.143. The summed E-state index contributed by atoms with van der Waals surface area (Å²) in [5.41, 5.74) is 5.53. The first-order valence-electron chi connectivity index (χ1n) is 8.79. The third-order valence-electron chi connectivity index (χ3n) is 4.19. The number of carboxylic acid groups (broad SMARTS) is 1. The molecule has 6 atom stereocenters. The van der Waals surface area contributed by atoms with Gasteiger partial charge in [-0.15, -0.1) is 0 Å². The van der Waals surface area contributed by atoms with E-state index in [4.69, 9.17) is 5.73 Å². The molecule has 0 saturated carbocycles. The number of nitrogens with two attached hydrogens (primary N) is 1. The Morgan fingerprint density at radius 1 is 0.929 bits per heavy atom. The molecule has 0 aliphatic carbocycles. The number of hydrogen-bond donors (Lipinski definition) is 8. The summed E-state index contributed by atoms with van der Waals surface area (Å²) in [4.78, 5) is 48.1. The fourth-order valence-electron chi connectivity index (χ4n) is 2.14. The van der Waals surface area contributed by atoms with Gasteiger partial charge in [0.05, 0.1) is 12.1 Å². The summed E-state index contributed by atoms with van der Waals surface area (Å²) in [6.45, 7) is 4.75. The van der Waals surface area contributed by atoms with Crippen LogP contribution in [0.3, 0.4) is 0 Å². The largest absolute Gasteiger partial charge is 0.480 e. The third kappa shape index (κ3) is 8.25. The van der Waals surface area contributed by atoms with Gasteiger partial charge < -0.3 is 31.9 Å². The Hall–Kier alpha value is -1.50. The lowest BCUT2D eigenvalue weighted by atomic mass is 9.99. The maximum Gasteiger partial charge on any atom is 0.326 e. The Labute approximate surface area is 175 Å². The number of aliphatic hydroxyl groups is 1. The minimum absolute atomic E-state index is 0.0356. The molecule has 0 aliphatic rings. The molecule has 0 aromatic heterocycles. The second-order valence-corrected chi connectivity index (χ2v) is 7.20. The van der Waals surface area contributed by atoms with Crippen molar-refractivity contribution < 1.29 is 29.4 Å². The molecular weight excluding hydrogens is 408 g/mol. The zero-order chi connectivity index (χ0) is 22.0. The first-order chi connectivity index (χ1) is 13.0. The summed E-state index contributed by atoms with van der Waals surface area (Å²) in [5.74, 6) is -3.87. The standard InChI is InChI=1S/C16H30N4O6S2/c1-4-7(2)11(16(25)26)19-14(23)10(6-28)18-15(24)12(8(3)21)20-13(22)9(17)5-27/h7-12,21,27-28H,4-6,17H2,1-3H3,(H,18,24)(H,19,23)(H,20,22)(H,25,26). The fraction of sp³-hybridized carbons (Fsp3) is 0.750. The van der Waals surface area contributed by atoms with Gasteiger partial charge in [-0.05, 0) is 12.8 Å². The van der Waals surface area contributed by atoms with E-state index in [2.05, 4.69) is 41.2 Å². The Kier molecular flexibility index (Phi) is 12.2. The molecule has 28 heavy (non-hydrogen) atoms. The Morgan fingerprint density at radius 2 is 1.46 bits per heavy atom. The number of rotatable bonds is 12. The van der Waals surface area contributed by atoms with Gasteiger partial charge in [0.2, 0.25) is 17.7 Å². The van der Waals surface area contributed by atoms with Crippen LogP contribution in [0.5, 0.6) is 0 Å². The van der Waals surface area contributed by atoms with Crippen LogP contribution in [0.4, 0.5) is 0 Å². The van der Waals surface area contributed by atoms with Gasteiger partial charge >= 0.3 is 5.97 Å². The number of thiol groups is 2. The maximum atomic E-state index is 12.4. The van der Waals surface area contributed by atoms with Crippen molar-refractivity contribution in [3.05, 3.63) is 0 Å². The van der Waals surface area contributed by atoms with E-state index in [1.165, 1.54) is 6.92 Å². The van der Waals surface area contributed by atoms with Gasteiger partial charge in [0.1, 0.15) is 18.1 Å². The minimum Gasteiger partial charge on any atom is -0.480 e. The monoisotopic (exact) mass is 438 g/mol. The molecule has 0 heterocycles. The molecule has 12 heteroatoms. The zero-order valence-electron chi connectivity index (χ0n) is 16.1. The molecule has 0 rings (SSSR count). The van der Waals surface area contributed by atoms with Gasteiger partial charge in [0.15, 0.2) is 0 Å². The second-order valence-electron chi connectivity index (χ2n) is 6.47. The van der Waals surface area contributed by atoms with Crippen LogP contribution in [0.15, 0.2) is 0 Å². The van der Waals surface area contributed by atoms with E-state index >= 15 is 0 Å². The van der Waals surface area contributed by atoms with E-state index in [0.29, 0.717) is 6.42 Å². The van der Waals surface area contributed by atoms with Gasteiger partial charge in [-0.3, -0.25) is 14.4 Å². The number of nitrogens with one attached hydrogen (secondary N) is 3. The van der Waals surface area contributed by atoms with Crippen molar-refractivity contribution in [1.29, 1.82) is 0 Å². The highest BCUT2D eigenvalue weighted by Crippen LogP contribution is 2.08. The SMILES string of the molecule is CCC(C)C(NC(=O)C(CS)NC(=O)C(NC(=O)C(N)CS)C(C)O)C(=O)O. The molecule has 0 fully saturated rings. The smallest absolute Gasteiger partial charge is 0.326 e. The number of aliphatic carboxylic acids is 1. The van der Waals surface area contributed by atoms with Gasteiger partial charge in [-0.2, -0.15) is 25.3 Å². The van der Waals surface area contributed by atoms with Crippen molar-refractivity contribution in [2.24, 2.45) is 11.7 Å². The average Bonchev–Trinajstić information content (AvgIpc) is 2.65. The van der Waals surface area contributed by atoms with Gasteiger partial charge in [-0.25, -0.2) is 4.79 Å². The van der Waals surface area contributed by atoms with Crippen LogP contribution in [-0.2, 0) is 19.2 Å². The summed E-state index contributed by atoms with van der Waals surface area (Å²) >= 11 is 7.90. The summed E-state index contributed by atoms with van der Waals surface area (Å²) in [7, 11) is 0. The van der Waals surface area contributed by atoms with Crippen molar-refractivity contribution in [2.45, 2.75) is 57.5 Å². The molecule has 3 amide bonds. The Morgan fingerprint density at radius 3 is 1.86 bits per heavy atom. The number of amides is 3. The van der Waals surface area contributed by atoms with E-state index in [1.807, 2.05) is 0 Å². The molecule has 0 aromatic carbocycles. The van der Waals surface area contributed by atoms with Crippen LogP contribution < -0.4 is 21.7 Å². The van der Waals surface area contributed by atoms with E-state index in [0.717, 1.165) is 0 Å². The number of hydrogen-bond acceptors (Lipinski definition) is 8. The van der Waals surface area contributed by atoms with Crippen molar-refractivity contribution in [1.82, 2.24) is 16.0 Å². The number of carbonyl (C=O) groups is 4. The fourth-order valence-corrected chi connectivity index (χ4v) is 2.56. The molecule has 0 spiro atoms. The molecule has 0 aliphatic heterocycles. The molecule has 7 N–H and O–H groups in total. The molecule has 6 unspecified atom stereocenters. The van der Waals surface area contributed by atoms with Crippen LogP contribution in [0.1, 0.15) is 27.2 Å². The van der Waals surface area contributed by atoms with Crippen LogP contribution in [-0.4, -0.2) is 75.7 Å². The van der Waals surface area contributed by atoms with Crippen molar-refractivity contribution in [2.75, 3.05) is 11.5 Å². The molecular formula is C16H30N4O6S2. The predicted molar refractivity (Wildman–Crippen MR) is 110 cm³/mol. The highest BCUT2D eigenvalue weighted by molar-refractivity contribution is 7.80. The molecule has 10 nitrogen and oxygen atoms in total. The lowest BCUT2D eigenvalue weighted by Crippen LogP contribution is -2.60. The van der Waals surface area contributed by atoms with Gasteiger partial charge in [0, 0.05) is 11.5 Å². The molecule has 0 saturated heterocycles. The summed E-state index contributed by atoms with van der Waals surface area (Å²) < 4.78 is 0. The van der Waals surface area contributed by atoms with Crippen molar-refractivity contribution >= 4 is 48.9 Å². The van der Waals surface area contributed by atoms with Crippen LogP contribution in [0.2, 0.25) is 0 Å². The topological polar surface area (TPSA) is 171 Å². The molecule has 162 valence electrons. The molecule has 0 radical (unpaired) electrons. The van der Waals surface area contributed by atoms with Gasteiger partial charge in [0.25, 0.3) is 0 Å². The van der Waals surface area contributed by atoms with Gasteiger partial charge in [-0.1, -0.05) is 20.3 Å². The number of aliphatic hydroxyl groups excluding tert-OH is 1. The molecule has 0 bridgehead atoms. The van der Waals surface area contributed by atoms with Crippen LogP contribution >= 0.6 is 25.3 Å². The highest BCUT2D eigenvalue weighted by atomic mass is 32.1. The van der Waals surface area contributed by atoms with E-state index in [1.54, 1.807) is 13.8 Å². The van der Waals surface area contributed by atoms with Crippen LogP contribution in [0.25, 0.3) is 0 Å². The first kappa shape index (κ1) is 26.5. The van der Waals surface area contributed by atoms with Crippen molar-refractivity contribution in [3.63, 3.8) is 0 Å². The number of carbonyl (C=O) groups excluding carboxylic acids is 3. The highest BCUT2D eigenvalue weighted by Gasteiger charge is 2.32. The van der Waals surface area contributed by atoms with E-state index < -0.39 is 54.0 Å². The van der Waals surface area contributed by atoms with E-state index in [-0.39, 0.29) is 17.4 Å². The summed E-state index contributed by atoms with van der Waals surface area (Å²) in [6, 6.07) is -4.64. The quantitative estimate of drug-likeness (QED) is 0.165. The maximum absolute atomic E-state index is 12.4. The predicted octanol–water partition coefficient (Wildman–Crippen LogP) is -1.86. The summed E-state index contributed by atoms with van der Waals surface area (Å²) in [5, 5.41) is 26.1. The number of carboxylic acids is 1. The minimum atomic E-state index is -1.36. The second kappa shape index (κ2) is 12.9. The first-order valence-corrected chi connectivity index (χ1v) is 10.1. The average molecular weight is 439 g/mol. The molecule has 0 aromatic rings. The third-order valence-corrected chi connectivity index (χ3v) is 4.95.